The van der Waals surface area contributed by atoms with Gasteiger partial charge >= 0.3 is 0 Å². The summed E-state index contributed by atoms with van der Waals surface area (Å²) in [5.74, 6) is 2.99. The molecule has 4 rings (SSSR count). The van der Waals surface area contributed by atoms with E-state index in [4.69, 9.17) is 10.2 Å². The Balaban J connectivity index is 0.00000210. The zero-order valence-corrected chi connectivity index (χ0v) is 16.4. The van der Waals surface area contributed by atoms with Gasteiger partial charge in [0.15, 0.2) is 0 Å². The molecule has 2 saturated carbocycles. The van der Waals surface area contributed by atoms with Crippen LogP contribution >= 0.6 is 12.4 Å². The number of furan rings is 1. The monoisotopic (exact) mass is 388 g/mol. The Hall–Kier alpha value is -1.78. The molecule has 4 nitrogen and oxygen atoms in total. The van der Waals surface area contributed by atoms with Crippen LogP contribution in [0.15, 0.2) is 46.9 Å². The molecule has 0 saturated heterocycles. The molecule has 1 aromatic carbocycles. The molecule has 0 spiro atoms. The van der Waals surface area contributed by atoms with Gasteiger partial charge in [0.2, 0.25) is 5.91 Å². The summed E-state index contributed by atoms with van der Waals surface area (Å²) in [5, 5.41) is 3.31. The van der Waals surface area contributed by atoms with Crippen molar-refractivity contribution >= 4 is 18.3 Å². The highest BCUT2D eigenvalue weighted by Crippen LogP contribution is 2.39. The lowest BCUT2D eigenvalue weighted by Gasteiger charge is -2.45. The molecule has 2 fully saturated rings. The van der Waals surface area contributed by atoms with Crippen molar-refractivity contribution in [2.75, 3.05) is 0 Å². The molecule has 0 aliphatic heterocycles. The third-order valence-corrected chi connectivity index (χ3v) is 6.02. The first kappa shape index (κ1) is 20.0. The Labute approximate surface area is 167 Å². The molecular weight excluding hydrogens is 360 g/mol. The summed E-state index contributed by atoms with van der Waals surface area (Å²) in [7, 11) is 0. The first-order valence-electron chi connectivity index (χ1n) is 9.88. The normalized spacial score (nSPS) is 26.9. The van der Waals surface area contributed by atoms with E-state index in [1.807, 2.05) is 42.5 Å². The smallest absolute Gasteiger partial charge is 0.220 e. The third-order valence-electron chi connectivity index (χ3n) is 6.02. The lowest BCUT2D eigenvalue weighted by atomic mass is 9.67. The Morgan fingerprint density at radius 3 is 2.48 bits per heavy atom. The van der Waals surface area contributed by atoms with Crippen LogP contribution in [0.3, 0.4) is 0 Å². The maximum absolute atomic E-state index is 12.5. The SMILES string of the molecule is Cl.NC1CC2CCCC(C1)C2NC(=O)CCc1ccc(-c2ccccc2)o1. The van der Waals surface area contributed by atoms with E-state index < -0.39 is 0 Å². The van der Waals surface area contributed by atoms with E-state index in [0.717, 1.165) is 29.9 Å². The van der Waals surface area contributed by atoms with Crippen molar-refractivity contribution in [1.29, 1.82) is 0 Å². The number of hydrogen-bond acceptors (Lipinski definition) is 3. The molecule has 2 aromatic rings. The zero-order valence-electron chi connectivity index (χ0n) is 15.6. The van der Waals surface area contributed by atoms with Crippen molar-refractivity contribution in [3.63, 3.8) is 0 Å². The van der Waals surface area contributed by atoms with Crippen LogP contribution in [0.1, 0.15) is 44.3 Å². The number of rotatable bonds is 5. The molecule has 1 amide bonds. The zero-order chi connectivity index (χ0) is 17.9. The van der Waals surface area contributed by atoms with E-state index in [1.54, 1.807) is 0 Å². The number of nitrogens with one attached hydrogen (secondary N) is 1. The minimum Gasteiger partial charge on any atom is -0.461 e. The molecule has 2 bridgehead atoms. The van der Waals surface area contributed by atoms with Crippen LogP contribution in [0.4, 0.5) is 0 Å². The fraction of sp³-hybridized carbons (Fsp3) is 0.500. The number of nitrogens with two attached hydrogens (primary N) is 1. The molecule has 2 aliphatic rings. The number of halogens is 1. The number of benzene rings is 1. The van der Waals surface area contributed by atoms with E-state index in [9.17, 15) is 4.79 Å². The average Bonchev–Trinajstić information content (AvgIpc) is 3.11. The third kappa shape index (κ3) is 4.74. The Bertz CT molecular complexity index is 732. The van der Waals surface area contributed by atoms with Gasteiger partial charge in [-0.3, -0.25) is 4.79 Å². The molecule has 27 heavy (non-hydrogen) atoms. The summed E-state index contributed by atoms with van der Waals surface area (Å²) in [6.07, 6.45) is 6.91. The standard InChI is InChI=1S/C22H28N2O2.ClH/c23-18-13-16-7-4-8-17(14-18)22(16)24-21(25)12-10-19-9-11-20(26-19)15-5-2-1-3-6-15;/h1-3,5-6,9,11,16-18,22H,4,7-8,10,12-14,23H2,(H,24,25);1H. The van der Waals surface area contributed by atoms with E-state index in [2.05, 4.69) is 5.32 Å². The number of fused-ring (bicyclic) bond motifs is 2. The van der Waals surface area contributed by atoms with E-state index in [1.165, 1.54) is 19.3 Å². The summed E-state index contributed by atoms with van der Waals surface area (Å²) in [6.45, 7) is 0. The first-order chi connectivity index (χ1) is 12.7. The molecule has 3 N–H and O–H groups in total. The predicted octanol–water partition coefficient (Wildman–Crippen LogP) is 4.32. The Morgan fingerprint density at radius 1 is 1.07 bits per heavy atom. The maximum Gasteiger partial charge on any atom is 0.220 e. The lowest BCUT2D eigenvalue weighted by Crippen LogP contribution is -2.53. The van der Waals surface area contributed by atoms with Gasteiger partial charge in [-0.05, 0) is 49.7 Å². The Kier molecular flexibility index (Phi) is 6.61. The second kappa shape index (κ2) is 8.94. The van der Waals surface area contributed by atoms with Crippen molar-refractivity contribution in [2.45, 2.75) is 57.0 Å². The minimum atomic E-state index is 0. The number of carbonyl (C=O) groups excluding carboxylic acids is 1. The van der Waals surface area contributed by atoms with Crippen LogP contribution in [-0.2, 0) is 11.2 Å². The van der Waals surface area contributed by atoms with Crippen LogP contribution < -0.4 is 11.1 Å². The maximum atomic E-state index is 12.5. The summed E-state index contributed by atoms with van der Waals surface area (Å²) in [5.41, 5.74) is 7.24. The molecule has 5 heteroatoms. The fourth-order valence-corrected chi connectivity index (χ4v) is 4.79. The van der Waals surface area contributed by atoms with Crippen LogP contribution in [0, 0.1) is 11.8 Å². The molecule has 0 radical (unpaired) electrons. The number of amides is 1. The van der Waals surface area contributed by atoms with Gasteiger partial charge in [-0.2, -0.15) is 0 Å². The van der Waals surface area contributed by atoms with Gasteiger partial charge in [0, 0.05) is 30.5 Å². The molecule has 146 valence electrons. The highest BCUT2D eigenvalue weighted by Gasteiger charge is 2.39. The molecular formula is C22H29ClN2O2. The summed E-state index contributed by atoms with van der Waals surface area (Å²) in [6, 6.07) is 14.6. The summed E-state index contributed by atoms with van der Waals surface area (Å²) in [4.78, 5) is 12.5. The van der Waals surface area contributed by atoms with Crippen LogP contribution in [-0.4, -0.2) is 18.0 Å². The van der Waals surface area contributed by atoms with Gasteiger partial charge in [0.05, 0.1) is 0 Å². The van der Waals surface area contributed by atoms with E-state index in [0.29, 0.717) is 36.8 Å². The molecule has 2 unspecified atom stereocenters. The van der Waals surface area contributed by atoms with Crippen LogP contribution in [0.5, 0.6) is 0 Å². The van der Waals surface area contributed by atoms with Gasteiger partial charge in [0.1, 0.15) is 11.5 Å². The van der Waals surface area contributed by atoms with Crippen molar-refractivity contribution in [3.8, 4) is 11.3 Å². The highest BCUT2D eigenvalue weighted by molar-refractivity contribution is 5.85. The largest absolute Gasteiger partial charge is 0.461 e. The molecule has 2 aliphatic carbocycles. The number of carbonyl (C=O) groups is 1. The van der Waals surface area contributed by atoms with Gasteiger partial charge in [-0.15, -0.1) is 12.4 Å². The highest BCUT2D eigenvalue weighted by atomic mass is 35.5. The molecule has 1 heterocycles. The second-order valence-corrected chi connectivity index (χ2v) is 7.91. The van der Waals surface area contributed by atoms with E-state index in [-0.39, 0.29) is 18.3 Å². The predicted molar refractivity (Wildman–Crippen MR) is 110 cm³/mol. The average molecular weight is 389 g/mol. The fourth-order valence-electron chi connectivity index (χ4n) is 4.79. The van der Waals surface area contributed by atoms with Gasteiger partial charge in [-0.1, -0.05) is 36.8 Å². The summed E-state index contributed by atoms with van der Waals surface area (Å²) < 4.78 is 5.90. The van der Waals surface area contributed by atoms with Crippen LogP contribution in [0.2, 0.25) is 0 Å². The summed E-state index contributed by atoms with van der Waals surface area (Å²) >= 11 is 0. The van der Waals surface area contributed by atoms with Crippen molar-refractivity contribution < 1.29 is 9.21 Å². The minimum absolute atomic E-state index is 0. The topological polar surface area (TPSA) is 68.3 Å². The van der Waals surface area contributed by atoms with Crippen molar-refractivity contribution in [1.82, 2.24) is 5.32 Å². The van der Waals surface area contributed by atoms with Gasteiger partial charge in [0.25, 0.3) is 0 Å². The molecule has 1 aromatic heterocycles. The molecule has 2 atom stereocenters. The quantitative estimate of drug-likeness (QED) is 0.801. The number of aryl methyl sites for hydroxylation is 1. The number of hydrogen-bond donors (Lipinski definition) is 2. The van der Waals surface area contributed by atoms with Gasteiger partial charge < -0.3 is 15.5 Å². The van der Waals surface area contributed by atoms with Crippen molar-refractivity contribution in [3.05, 3.63) is 48.2 Å². The van der Waals surface area contributed by atoms with Gasteiger partial charge in [-0.25, -0.2) is 0 Å². The first-order valence-corrected chi connectivity index (χ1v) is 9.88. The Morgan fingerprint density at radius 2 is 1.78 bits per heavy atom. The van der Waals surface area contributed by atoms with Crippen molar-refractivity contribution in [2.24, 2.45) is 17.6 Å². The van der Waals surface area contributed by atoms with Crippen LogP contribution in [0.25, 0.3) is 11.3 Å². The van der Waals surface area contributed by atoms with E-state index >= 15 is 0 Å². The second-order valence-electron chi connectivity index (χ2n) is 7.91. The lowest BCUT2D eigenvalue weighted by molar-refractivity contribution is -0.123.